The number of carbonyl (C=O) groups excluding carboxylic acids is 1. The first-order valence-corrected chi connectivity index (χ1v) is 1.77. The van der Waals surface area contributed by atoms with E-state index >= 15 is 0 Å². The summed E-state index contributed by atoms with van der Waals surface area (Å²) in [5, 5.41) is 8.27. The van der Waals surface area contributed by atoms with Gasteiger partial charge in [-0.25, -0.2) is 4.79 Å². The molecule has 0 aromatic rings. The number of aliphatic hydroxyl groups excluding tert-OH is 1. The zero-order valence-corrected chi connectivity index (χ0v) is 6.88. The molecule has 5 heteroatoms. The van der Waals surface area contributed by atoms with Crippen LogP contribution in [0.25, 0.3) is 0 Å². The van der Waals surface area contributed by atoms with Crippen molar-refractivity contribution in [2.24, 2.45) is 5.90 Å². The summed E-state index contributed by atoms with van der Waals surface area (Å²) in [6, 6.07) is 0. The van der Waals surface area contributed by atoms with E-state index in [4.69, 9.17) is 5.11 Å². The van der Waals surface area contributed by atoms with Gasteiger partial charge in [-0.05, 0) is 6.92 Å². The largest absolute Gasteiger partial charge is 0.382 e. The molecule has 0 radical (unpaired) electrons. The Balaban J connectivity index is 0. The maximum Gasteiger partial charge on any atom is 0.353 e. The quantitative estimate of drug-likeness (QED) is 0.516. The zero-order chi connectivity index (χ0) is 5.86. The fraction of sp³-hybridized carbons (Fsp3) is 0.667. The second kappa shape index (κ2) is 5.41. The molecule has 46 valence electrons. The van der Waals surface area contributed by atoms with Crippen molar-refractivity contribution in [3.05, 3.63) is 0 Å². The molecule has 0 amide bonds. The molecule has 4 nitrogen and oxygen atoms in total. The van der Waals surface area contributed by atoms with Gasteiger partial charge in [-0.2, -0.15) is 5.90 Å². The van der Waals surface area contributed by atoms with Gasteiger partial charge in [-0.3, -0.25) is 0 Å². The molecular weight excluding hydrogens is 189 g/mol. The van der Waals surface area contributed by atoms with E-state index in [2.05, 4.69) is 10.7 Å². The topological polar surface area (TPSA) is 72.5 Å². The summed E-state index contributed by atoms with van der Waals surface area (Å²) in [6.45, 7) is 1.27. The van der Waals surface area contributed by atoms with Crippen molar-refractivity contribution >= 4 is 5.97 Å². The van der Waals surface area contributed by atoms with E-state index in [1.165, 1.54) is 6.92 Å². The first-order chi connectivity index (χ1) is 3.18. The van der Waals surface area contributed by atoms with Crippen molar-refractivity contribution in [1.29, 1.82) is 0 Å². The van der Waals surface area contributed by atoms with Gasteiger partial charge in [0.15, 0.2) is 6.10 Å². The molecular formula is C3H7NO3Zr. The summed E-state index contributed by atoms with van der Waals surface area (Å²) in [5.74, 6) is 3.54. The molecule has 3 N–H and O–H groups in total. The number of rotatable bonds is 1. The van der Waals surface area contributed by atoms with Crippen LogP contribution in [0.5, 0.6) is 0 Å². The van der Waals surface area contributed by atoms with Gasteiger partial charge in [0, 0.05) is 26.2 Å². The normalized spacial score (nSPS) is 11.4. The second-order valence-corrected chi connectivity index (χ2v) is 1.11. The first kappa shape index (κ1) is 11.1. The van der Waals surface area contributed by atoms with Gasteiger partial charge < -0.3 is 9.94 Å². The molecule has 0 aliphatic rings. The van der Waals surface area contributed by atoms with Gasteiger partial charge in [0.2, 0.25) is 0 Å². The van der Waals surface area contributed by atoms with Crippen LogP contribution in [0.1, 0.15) is 6.92 Å². The summed E-state index contributed by atoms with van der Waals surface area (Å²) in [7, 11) is 0. The molecule has 0 rings (SSSR count). The predicted molar refractivity (Wildman–Crippen MR) is 22.0 cm³/mol. The monoisotopic (exact) mass is 195 g/mol. The first-order valence-electron chi connectivity index (χ1n) is 1.77. The maximum atomic E-state index is 9.91. The minimum Gasteiger partial charge on any atom is -0.382 e. The van der Waals surface area contributed by atoms with Gasteiger partial charge in [-0.15, -0.1) is 0 Å². The van der Waals surface area contributed by atoms with Crippen LogP contribution in [-0.2, 0) is 35.8 Å². The third-order valence-corrected chi connectivity index (χ3v) is 0.457. The molecule has 0 heterocycles. The molecule has 0 aliphatic heterocycles. The molecule has 0 bridgehead atoms. The molecule has 0 saturated heterocycles. The smallest absolute Gasteiger partial charge is 0.353 e. The average molecular weight is 196 g/mol. The van der Waals surface area contributed by atoms with Crippen molar-refractivity contribution in [3.63, 3.8) is 0 Å². The molecule has 1 unspecified atom stereocenters. The van der Waals surface area contributed by atoms with Crippen LogP contribution in [0.15, 0.2) is 0 Å². The van der Waals surface area contributed by atoms with E-state index in [0.29, 0.717) is 0 Å². The number of hydrogen-bond donors (Lipinski definition) is 2. The Morgan fingerprint density at radius 2 is 2.25 bits per heavy atom. The van der Waals surface area contributed by atoms with Crippen molar-refractivity contribution in [1.82, 2.24) is 0 Å². The van der Waals surface area contributed by atoms with Crippen molar-refractivity contribution in [2.45, 2.75) is 13.0 Å². The van der Waals surface area contributed by atoms with Gasteiger partial charge >= 0.3 is 5.97 Å². The van der Waals surface area contributed by atoms with Crippen LogP contribution in [0.2, 0.25) is 0 Å². The third-order valence-electron chi connectivity index (χ3n) is 0.457. The number of hydrogen-bond acceptors (Lipinski definition) is 4. The van der Waals surface area contributed by atoms with Crippen molar-refractivity contribution in [2.75, 3.05) is 0 Å². The number of aliphatic hydroxyl groups is 1. The summed E-state index contributed by atoms with van der Waals surface area (Å²) in [6.07, 6.45) is -1.12. The summed E-state index contributed by atoms with van der Waals surface area (Å²) in [4.78, 5) is 13.5. The Hall–Kier alpha value is 0.273. The average Bonchev–Trinajstić information content (AvgIpc) is 1.65. The summed E-state index contributed by atoms with van der Waals surface area (Å²) in [5.41, 5.74) is 0. The Labute approximate surface area is 66.1 Å². The van der Waals surface area contributed by atoms with E-state index < -0.39 is 12.1 Å². The Morgan fingerprint density at radius 3 is 2.25 bits per heavy atom. The minimum atomic E-state index is -1.12. The molecule has 1 atom stereocenters. The van der Waals surface area contributed by atoms with Crippen molar-refractivity contribution < 1.29 is 40.9 Å². The molecule has 0 aromatic carbocycles. The maximum absolute atomic E-state index is 9.91. The van der Waals surface area contributed by atoms with Gasteiger partial charge in [0.1, 0.15) is 0 Å². The van der Waals surface area contributed by atoms with E-state index in [1.807, 2.05) is 0 Å². The van der Waals surface area contributed by atoms with Crippen LogP contribution >= 0.6 is 0 Å². The zero-order valence-electron chi connectivity index (χ0n) is 4.42. The molecule has 0 spiro atoms. The van der Waals surface area contributed by atoms with Crippen molar-refractivity contribution in [3.8, 4) is 0 Å². The second-order valence-electron chi connectivity index (χ2n) is 1.11. The van der Waals surface area contributed by atoms with Crippen LogP contribution < -0.4 is 5.90 Å². The van der Waals surface area contributed by atoms with E-state index in [1.54, 1.807) is 0 Å². The number of carbonyl (C=O) groups is 1. The molecule has 0 saturated carbocycles. The standard InChI is InChI=1S/C3H7NO3.Zr/c1-2(5)3(6)7-4;/h2,5H,4H2,1H3;. The van der Waals surface area contributed by atoms with Gasteiger partial charge in [0.05, 0.1) is 0 Å². The Morgan fingerprint density at radius 1 is 1.88 bits per heavy atom. The molecule has 0 fully saturated rings. The Bertz CT molecular complexity index is 74.9. The van der Waals surface area contributed by atoms with Crippen LogP contribution in [0.4, 0.5) is 0 Å². The summed E-state index contributed by atoms with van der Waals surface area (Å²) < 4.78 is 0. The number of nitrogens with two attached hydrogens (primary N) is 1. The van der Waals surface area contributed by atoms with Crippen LogP contribution in [0, 0.1) is 0 Å². The van der Waals surface area contributed by atoms with E-state index in [-0.39, 0.29) is 26.2 Å². The predicted octanol–water partition coefficient (Wildman–Crippen LogP) is -1.22. The van der Waals surface area contributed by atoms with Gasteiger partial charge in [-0.1, -0.05) is 0 Å². The van der Waals surface area contributed by atoms with Crippen LogP contribution in [-0.4, -0.2) is 17.2 Å². The SMILES string of the molecule is CC(O)C(=O)ON.[Zr]. The van der Waals surface area contributed by atoms with Crippen LogP contribution in [0.3, 0.4) is 0 Å². The third kappa shape index (κ3) is 4.43. The van der Waals surface area contributed by atoms with E-state index in [9.17, 15) is 4.79 Å². The molecule has 0 aromatic heterocycles. The van der Waals surface area contributed by atoms with Gasteiger partial charge in [0.25, 0.3) is 0 Å². The molecule has 0 aliphatic carbocycles. The fourth-order valence-corrected chi connectivity index (χ4v) is 0.0985. The Kier molecular flexibility index (Phi) is 7.52. The minimum absolute atomic E-state index is 0. The summed E-state index contributed by atoms with van der Waals surface area (Å²) >= 11 is 0. The fourth-order valence-electron chi connectivity index (χ4n) is 0.0985. The van der Waals surface area contributed by atoms with E-state index in [0.717, 1.165) is 0 Å². The molecule has 8 heavy (non-hydrogen) atoms.